The van der Waals surface area contributed by atoms with Crippen molar-refractivity contribution < 1.29 is 9.18 Å². The number of aromatic nitrogens is 4. The van der Waals surface area contributed by atoms with Crippen LogP contribution < -0.4 is 5.32 Å². The SMILES string of the molecule is CCn1nccc1C(=O)Nc1cc(C)n(Cc2ccc(F)cc2Cl)n1. The molecule has 0 aliphatic rings. The van der Waals surface area contributed by atoms with E-state index in [2.05, 4.69) is 15.5 Å². The van der Waals surface area contributed by atoms with Gasteiger partial charge < -0.3 is 5.32 Å². The van der Waals surface area contributed by atoms with Gasteiger partial charge in [-0.2, -0.15) is 10.2 Å². The molecule has 0 unspecified atom stereocenters. The number of carbonyl (C=O) groups excluding carboxylic acids is 1. The minimum Gasteiger partial charge on any atom is -0.304 e. The normalized spacial score (nSPS) is 10.9. The summed E-state index contributed by atoms with van der Waals surface area (Å²) in [6.45, 7) is 4.77. The molecule has 0 aliphatic heterocycles. The zero-order valence-corrected chi connectivity index (χ0v) is 14.6. The second kappa shape index (κ2) is 7.06. The largest absolute Gasteiger partial charge is 0.304 e. The number of hydrogen-bond acceptors (Lipinski definition) is 3. The summed E-state index contributed by atoms with van der Waals surface area (Å²) in [5.41, 5.74) is 2.06. The van der Waals surface area contributed by atoms with Crippen molar-refractivity contribution in [1.29, 1.82) is 0 Å². The van der Waals surface area contributed by atoms with E-state index in [1.165, 1.54) is 12.1 Å². The third-order valence-corrected chi connectivity index (χ3v) is 4.16. The molecule has 0 saturated carbocycles. The third-order valence-electron chi connectivity index (χ3n) is 3.81. The van der Waals surface area contributed by atoms with Crippen LogP contribution >= 0.6 is 11.6 Å². The molecule has 3 rings (SSSR count). The van der Waals surface area contributed by atoms with Gasteiger partial charge in [0.2, 0.25) is 0 Å². The lowest BCUT2D eigenvalue weighted by Crippen LogP contribution is -2.17. The van der Waals surface area contributed by atoms with E-state index in [0.29, 0.717) is 29.6 Å². The first kappa shape index (κ1) is 17.2. The summed E-state index contributed by atoms with van der Waals surface area (Å²) in [5.74, 6) is -0.222. The molecule has 3 aromatic rings. The van der Waals surface area contributed by atoms with Crippen molar-refractivity contribution >= 4 is 23.3 Å². The fraction of sp³-hybridized carbons (Fsp3) is 0.235. The van der Waals surface area contributed by atoms with Crippen molar-refractivity contribution in [3.63, 3.8) is 0 Å². The van der Waals surface area contributed by atoms with E-state index in [9.17, 15) is 9.18 Å². The average molecular weight is 362 g/mol. The van der Waals surface area contributed by atoms with Crippen LogP contribution in [0.25, 0.3) is 0 Å². The Kier molecular flexibility index (Phi) is 4.85. The van der Waals surface area contributed by atoms with E-state index in [4.69, 9.17) is 11.6 Å². The number of benzene rings is 1. The summed E-state index contributed by atoms with van der Waals surface area (Å²) >= 11 is 6.06. The minimum atomic E-state index is -0.383. The summed E-state index contributed by atoms with van der Waals surface area (Å²) in [4.78, 5) is 12.3. The highest BCUT2D eigenvalue weighted by molar-refractivity contribution is 6.31. The van der Waals surface area contributed by atoms with Gasteiger partial charge in [0.25, 0.3) is 5.91 Å². The first-order valence-electron chi connectivity index (χ1n) is 7.79. The second-order valence-corrected chi connectivity index (χ2v) is 5.96. The Balaban J connectivity index is 1.77. The van der Waals surface area contributed by atoms with Gasteiger partial charge >= 0.3 is 0 Å². The fourth-order valence-corrected chi connectivity index (χ4v) is 2.73. The van der Waals surface area contributed by atoms with Crippen LogP contribution in [0.2, 0.25) is 5.02 Å². The molecule has 2 aromatic heterocycles. The van der Waals surface area contributed by atoms with Crippen LogP contribution in [0.1, 0.15) is 28.7 Å². The summed E-state index contributed by atoms with van der Waals surface area (Å²) < 4.78 is 16.5. The maximum Gasteiger partial charge on any atom is 0.275 e. The molecule has 8 heteroatoms. The molecule has 0 saturated heterocycles. The van der Waals surface area contributed by atoms with Crippen LogP contribution in [-0.4, -0.2) is 25.5 Å². The molecule has 25 heavy (non-hydrogen) atoms. The first-order valence-corrected chi connectivity index (χ1v) is 8.17. The highest BCUT2D eigenvalue weighted by atomic mass is 35.5. The smallest absolute Gasteiger partial charge is 0.275 e. The molecule has 0 bridgehead atoms. The molecule has 1 N–H and O–H groups in total. The second-order valence-electron chi connectivity index (χ2n) is 5.55. The van der Waals surface area contributed by atoms with E-state index in [0.717, 1.165) is 11.3 Å². The third kappa shape index (κ3) is 3.71. The molecular formula is C17H17ClFN5O. The van der Waals surface area contributed by atoms with Crippen molar-refractivity contribution in [2.75, 3.05) is 5.32 Å². The van der Waals surface area contributed by atoms with E-state index < -0.39 is 0 Å². The maximum atomic E-state index is 13.1. The fourth-order valence-electron chi connectivity index (χ4n) is 2.50. The topological polar surface area (TPSA) is 64.7 Å². The van der Waals surface area contributed by atoms with Gasteiger partial charge in [0.1, 0.15) is 11.5 Å². The van der Waals surface area contributed by atoms with Crippen LogP contribution in [0.3, 0.4) is 0 Å². The van der Waals surface area contributed by atoms with E-state index in [1.54, 1.807) is 33.8 Å². The zero-order chi connectivity index (χ0) is 18.0. The monoisotopic (exact) mass is 361 g/mol. The molecule has 0 fully saturated rings. The van der Waals surface area contributed by atoms with Gasteiger partial charge in [0.15, 0.2) is 5.82 Å². The van der Waals surface area contributed by atoms with Gasteiger partial charge in [-0.1, -0.05) is 17.7 Å². The standard InChI is InChI=1S/C17H17ClFN5O/c1-3-23-15(6-7-20-23)17(25)21-16-8-11(2)24(22-16)10-12-4-5-13(19)9-14(12)18/h4-9H,3,10H2,1-2H3,(H,21,22,25). The Morgan fingerprint density at radius 3 is 2.80 bits per heavy atom. The van der Waals surface area contributed by atoms with Crippen LogP contribution in [0.4, 0.5) is 10.2 Å². The summed E-state index contributed by atoms with van der Waals surface area (Å²) in [5, 5.41) is 11.6. The van der Waals surface area contributed by atoms with Crippen molar-refractivity contribution in [1.82, 2.24) is 19.6 Å². The predicted molar refractivity (Wildman–Crippen MR) is 93.3 cm³/mol. The highest BCUT2D eigenvalue weighted by Gasteiger charge is 2.14. The quantitative estimate of drug-likeness (QED) is 0.756. The molecule has 0 radical (unpaired) electrons. The lowest BCUT2D eigenvalue weighted by Gasteiger charge is -2.07. The first-order chi connectivity index (χ1) is 12.0. The van der Waals surface area contributed by atoms with Crippen LogP contribution in [0, 0.1) is 12.7 Å². The molecule has 0 aliphatic carbocycles. The van der Waals surface area contributed by atoms with Crippen molar-refractivity contribution in [3.05, 3.63) is 64.3 Å². The Labute approximate surface area is 149 Å². The van der Waals surface area contributed by atoms with Crippen molar-refractivity contribution in [2.24, 2.45) is 0 Å². The number of anilines is 1. The average Bonchev–Trinajstić information content (AvgIpc) is 3.17. The van der Waals surface area contributed by atoms with E-state index in [-0.39, 0.29) is 11.7 Å². The number of nitrogens with zero attached hydrogens (tertiary/aromatic N) is 4. The number of nitrogens with one attached hydrogen (secondary N) is 1. The number of halogens is 2. The van der Waals surface area contributed by atoms with Gasteiger partial charge in [-0.15, -0.1) is 0 Å². The van der Waals surface area contributed by atoms with Gasteiger partial charge in [0, 0.05) is 29.5 Å². The molecule has 2 heterocycles. The number of aryl methyl sites for hydroxylation is 2. The lowest BCUT2D eigenvalue weighted by atomic mass is 10.2. The van der Waals surface area contributed by atoms with Crippen molar-refractivity contribution in [3.8, 4) is 0 Å². The lowest BCUT2D eigenvalue weighted by molar-refractivity contribution is 0.101. The number of amides is 1. The number of rotatable bonds is 5. The molecular weight excluding hydrogens is 345 g/mol. The molecule has 6 nitrogen and oxygen atoms in total. The predicted octanol–water partition coefficient (Wildman–Crippen LogP) is 3.50. The Morgan fingerprint density at radius 2 is 2.08 bits per heavy atom. The Morgan fingerprint density at radius 1 is 1.28 bits per heavy atom. The van der Waals surface area contributed by atoms with Gasteiger partial charge in [-0.3, -0.25) is 14.2 Å². The van der Waals surface area contributed by atoms with Crippen LogP contribution in [0.15, 0.2) is 36.5 Å². The van der Waals surface area contributed by atoms with E-state index in [1.807, 2.05) is 13.8 Å². The van der Waals surface area contributed by atoms with E-state index >= 15 is 0 Å². The number of hydrogen-bond donors (Lipinski definition) is 1. The van der Waals surface area contributed by atoms with Crippen LogP contribution in [-0.2, 0) is 13.1 Å². The molecule has 1 aromatic carbocycles. The Bertz CT molecular complexity index is 918. The van der Waals surface area contributed by atoms with Gasteiger partial charge in [-0.05, 0) is 37.6 Å². The molecule has 1 amide bonds. The summed E-state index contributed by atoms with van der Waals surface area (Å²) in [6.07, 6.45) is 1.58. The molecule has 0 atom stereocenters. The van der Waals surface area contributed by atoms with Crippen LogP contribution in [0.5, 0.6) is 0 Å². The number of carbonyl (C=O) groups is 1. The minimum absolute atomic E-state index is 0.274. The highest BCUT2D eigenvalue weighted by Crippen LogP contribution is 2.20. The molecule has 0 spiro atoms. The Hall–Kier alpha value is -2.67. The maximum absolute atomic E-state index is 13.1. The van der Waals surface area contributed by atoms with Gasteiger partial charge in [0.05, 0.1) is 6.54 Å². The van der Waals surface area contributed by atoms with Crippen molar-refractivity contribution in [2.45, 2.75) is 26.9 Å². The summed E-state index contributed by atoms with van der Waals surface area (Å²) in [6, 6.07) is 7.67. The zero-order valence-electron chi connectivity index (χ0n) is 13.8. The van der Waals surface area contributed by atoms with Gasteiger partial charge in [-0.25, -0.2) is 4.39 Å². The molecule has 130 valence electrons. The summed E-state index contributed by atoms with van der Waals surface area (Å²) in [7, 11) is 0.